The van der Waals surface area contributed by atoms with E-state index in [2.05, 4.69) is 19.2 Å². The van der Waals surface area contributed by atoms with Crippen LogP contribution in [-0.2, 0) is 9.47 Å². The quantitative estimate of drug-likeness (QED) is 0.819. The molecule has 2 unspecified atom stereocenters. The summed E-state index contributed by atoms with van der Waals surface area (Å²) in [5.41, 5.74) is -0.342. The normalized spacial score (nSPS) is 24.2. The lowest BCUT2D eigenvalue weighted by Crippen LogP contribution is -2.51. The number of nitrogens with zero attached hydrogens (tertiary/aromatic N) is 1. The van der Waals surface area contributed by atoms with Gasteiger partial charge in [0.1, 0.15) is 5.60 Å². The molecule has 0 aromatic heterocycles. The Labute approximate surface area is 135 Å². The summed E-state index contributed by atoms with van der Waals surface area (Å²) in [5.74, 6) is 0. The van der Waals surface area contributed by atoms with Gasteiger partial charge in [-0.2, -0.15) is 0 Å². The van der Waals surface area contributed by atoms with Crippen molar-refractivity contribution in [2.75, 3.05) is 32.8 Å². The van der Waals surface area contributed by atoms with Crippen LogP contribution in [0.15, 0.2) is 0 Å². The molecule has 1 fully saturated rings. The summed E-state index contributed by atoms with van der Waals surface area (Å²) in [5, 5.41) is 3.53. The molecule has 0 aliphatic carbocycles. The molecule has 0 saturated carbocycles. The smallest absolute Gasteiger partial charge is 0.410 e. The van der Waals surface area contributed by atoms with Gasteiger partial charge >= 0.3 is 6.09 Å². The van der Waals surface area contributed by atoms with Gasteiger partial charge < -0.3 is 19.7 Å². The minimum absolute atomic E-state index is 0.0929. The molecule has 1 aliphatic heterocycles. The van der Waals surface area contributed by atoms with Crippen molar-refractivity contribution >= 4 is 6.09 Å². The number of rotatable bonds is 6. The van der Waals surface area contributed by atoms with Crippen LogP contribution >= 0.6 is 0 Å². The van der Waals surface area contributed by atoms with E-state index in [1.807, 2.05) is 32.6 Å². The molecular weight excluding hydrogens is 280 g/mol. The summed E-state index contributed by atoms with van der Waals surface area (Å²) in [6.07, 6.45) is 1.96. The van der Waals surface area contributed by atoms with Gasteiger partial charge in [-0.15, -0.1) is 0 Å². The van der Waals surface area contributed by atoms with Crippen molar-refractivity contribution in [3.63, 3.8) is 0 Å². The van der Waals surface area contributed by atoms with Crippen molar-refractivity contribution in [3.05, 3.63) is 0 Å². The Hall–Kier alpha value is -0.810. The van der Waals surface area contributed by atoms with Gasteiger partial charge in [0.2, 0.25) is 0 Å². The summed E-state index contributed by atoms with van der Waals surface area (Å²) in [4.78, 5) is 14.1. The van der Waals surface area contributed by atoms with E-state index in [1.165, 1.54) is 0 Å². The summed E-state index contributed by atoms with van der Waals surface area (Å²) in [6.45, 7) is 16.0. The molecule has 1 N–H and O–H groups in total. The predicted molar refractivity (Wildman–Crippen MR) is 89.1 cm³/mol. The molecule has 5 nitrogen and oxygen atoms in total. The van der Waals surface area contributed by atoms with E-state index in [4.69, 9.17) is 9.47 Å². The Morgan fingerprint density at radius 3 is 2.68 bits per heavy atom. The maximum Gasteiger partial charge on any atom is 0.410 e. The highest BCUT2D eigenvalue weighted by Crippen LogP contribution is 2.29. The Morgan fingerprint density at radius 2 is 2.09 bits per heavy atom. The van der Waals surface area contributed by atoms with Crippen molar-refractivity contribution in [1.29, 1.82) is 0 Å². The molecule has 1 amide bonds. The lowest BCUT2D eigenvalue weighted by atomic mass is 9.81. The monoisotopic (exact) mass is 314 g/mol. The number of carbonyl (C=O) groups is 1. The summed E-state index contributed by atoms with van der Waals surface area (Å²) >= 11 is 0. The van der Waals surface area contributed by atoms with Gasteiger partial charge in [0, 0.05) is 32.3 Å². The largest absolute Gasteiger partial charge is 0.444 e. The first-order chi connectivity index (χ1) is 10.2. The first kappa shape index (κ1) is 19.2. The van der Waals surface area contributed by atoms with Crippen LogP contribution in [0.4, 0.5) is 4.79 Å². The molecule has 1 heterocycles. The van der Waals surface area contributed by atoms with Gasteiger partial charge in [0.25, 0.3) is 0 Å². The number of likely N-dealkylation sites (tertiary alicyclic amines) is 1. The van der Waals surface area contributed by atoms with E-state index in [0.29, 0.717) is 6.04 Å². The molecular formula is C17H34N2O3. The fourth-order valence-corrected chi connectivity index (χ4v) is 2.72. The molecule has 0 aromatic carbocycles. The lowest BCUT2D eigenvalue weighted by Gasteiger charge is -2.41. The van der Waals surface area contributed by atoms with E-state index in [9.17, 15) is 4.79 Å². The van der Waals surface area contributed by atoms with Crippen molar-refractivity contribution in [1.82, 2.24) is 10.2 Å². The molecule has 1 saturated heterocycles. The fraction of sp³-hybridized carbons (Fsp3) is 0.941. The maximum absolute atomic E-state index is 12.2. The van der Waals surface area contributed by atoms with Crippen LogP contribution in [-0.4, -0.2) is 55.5 Å². The molecule has 1 rings (SSSR count). The Bertz CT molecular complexity index is 354. The maximum atomic E-state index is 12.2. The second-order valence-corrected chi connectivity index (χ2v) is 7.76. The lowest BCUT2D eigenvalue weighted by molar-refractivity contribution is 0.00602. The summed E-state index contributed by atoms with van der Waals surface area (Å²) < 4.78 is 10.9. The van der Waals surface area contributed by atoms with Crippen molar-refractivity contribution < 1.29 is 14.3 Å². The summed E-state index contributed by atoms with van der Waals surface area (Å²) in [6, 6.07) is 0.327. The van der Waals surface area contributed by atoms with Crippen molar-refractivity contribution in [2.45, 2.75) is 66.0 Å². The van der Waals surface area contributed by atoms with Gasteiger partial charge in [-0.25, -0.2) is 4.79 Å². The van der Waals surface area contributed by atoms with Crippen LogP contribution in [0, 0.1) is 5.41 Å². The minimum atomic E-state index is -0.435. The standard InChI is InChI=1S/C17H34N2O3/c1-7-21-11-14(2)18-12-17(6)9-8-10-19(13-17)15(20)22-16(3,4)5/h14,18H,7-13H2,1-6H3. The highest BCUT2D eigenvalue weighted by Gasteiger charge is 2.35. The second-order valence-electron chi connectivity index (χ2n) is 7.76. The zero-order chi connectivity index (χ0) is 16.8. The van der Waals surface area contributed by atoms with E-state index >= 15 is 0 Å². The van der Waals surface area contributed by atoms with Crippen LogP contribution in [0.5, 0.6) is 0 Å². The second kappa shape index (κ2) is 8.16. The number of nitrogens with one attached hydrogen (secondary N) is 1. The molecule has 0 radical (unpaired) electrons. The van der Waals surface area contributed by atoms with Crippen LogP contribution in [0.25, 0.3) is 0 Å². The van der Waals surface area contributed by atoms with Gasteiger partial charge in [-0.1, -0.05) is 6.92 Å². The third kappa shape index (κ3) is 6.97. The first-order valence-electron chi connectivity index (χ1n) is 8.44. The highest BCUT2D eigenvalue weighted by molar-refractivity contribution is 5.68. The Kier molecular flexibility index (Phi) is 7.13. The SMILES string of the molecule is CCOCC(C)NCC1(C)CCCN(C(=O)OC(C)(C)C)C1. The van der Waals surface area contributed by atoms with Gasteiger partial charge in [0.15, 0.2) is 0 Å². The summed E-state index contributed by atoms with van der Waals surface area (Å²) in [7, 11) is 0. The topological polar surface area (TPSA) is 50.8 Å². The number of amides is 1. The molecule has 130 valence electrons. The van der Waals surface area contributed by atoms with E-state index in [1.54, 1.807) is 0 Å². The van der Waals surface area contributed by atoms with Crippen molar-refractivity contribution in [3.8, 4) is 0 Å². The number of carbonyl (C=O) groups excluding carboxylic acids is 1. The van der Waals surface area contributed by atoms with Gasteiger partial charge in [0.05, 0.1) is 6.61 Å². The van der Waals surface area contributed by atoms with E-state index < -0.39 is 5.60 Å². The number of piperidine rings is 1. The van der Waals surface area contributed by atoms with Crippen LogP contribution < -0.4 is 5.32 Å². The van der Waals surface area contributed by atoms with Crippen LogP contribution in [0.1, 0.15) is 54.4 Å². The van der Waals surface area contributed by atoms with Crippen molar-refractivity contribution in [2.24, 2.45) is 5.41 Å². The van der Waals surface area contributed by atoms with E-state index in [-0.39, 0.29) is 11.5 Å². The molecule has 2 atom stereocenters. The minimum Gasteiger partial charge on any atom is -0.444 e. The van der Waals surface area contributed by atoms with Gasteiger partial charge in [-0.3, -0.25) is 0 Å². The molecule has 0 bridgehead atoms. The van der Waals surface area contributed by atoms with Crippen LogP contribution in [0.2, 0.25) is 0 Å². The Morgan fingerprint density at radius 1 is 1.41 bits per heavy atom. The number of hydrogen-bond donors (Lipinski definition) is 1. The zero-order valence-electron chi connectivity index (χ0n) is 15.2. The average molecular weight is 314 g/mol. The molecule has 0 spiro atoms. The third-order valence-corrected chi connectivity index (χ3v) is 3.88. The van der Waals surface area contributed by atoms with Gasteiger partial charge in [-0.05, 0) is 52.9 Å². The third-order valence-electron chi connectivity index (χ3n) is 3.88. The van der Waals surface area contributed by atoms with E-state index in [0.717, 1.165) is 45.7 Å². The highest BCUT2D eigenvalue weighted by atomic mass is 16.6. The molecule has 5 heteroatoms. The van der Waals surface area contributed by atoms with Crippen LogP contribution in [0.3, 0.4) is 0 Å². The average Bonchev–Trinajstić information content (AvgIpc) is 2.41. The predicted octanol–water partition coefficient (Wildman–Crippen LogP) is 3.04. The zero-order valence-corrected chi connectivity index (χ0v) is 15.2. The number of hydrogen-bond acceptors (Lipinski definition) is 4. The fourth-order valence-electron chi connectivity index (χ4n) is 2.72. The Balaban J connectivity index is 2.48. The molecule has 22 heavy (non-hydrogen) atoms. The first-order valence-corrected chi connectivity index (χ1v) is 8.44. The molecule has 0 aromatic rings. The molecule has 1 aliphatic rings. The number of ether oxygens (including phenoxy) is 2.